The van der Waals surface area contributed by atoms with Crippen molar-refractivity contribution in [1.29, 1.82) is 0 Å². The molecule has 4 N–H and O–H groups in total. The number of hydrogen-bond acceptors (Lipinski definition) is 3. The van der Waals surface area contributed by atoms with Gasteiger partial charge in [-0.15, -0.1) is 0 Å². The van der Waals surface area contributed by atoms with E-state index in [1.54, 1.807) is 0 Å². The predicted molar refractivity (Wildman–Crippen MR) is 73.9 cm³/mol. The van der Waals surface area contributed by atoms with E-state index >= 15 is 0 Å². The van der Waals surface area contributed by atoms with Crippen LogP contribution in [0.1, 0.15) is 19.8 Å². The second kappa shape index (κ2) is 4.08. The number of imidazole rings is 1. The summed E-state index contributed by atoms with van der Waals surface area (Å²) in [6.45, 7) is 4.35. The number of nitrogens with zero attached hydrogens (tertiary/aromatic N) is 1. The predicted octanol–water partition coefficient (Wildman–Crippen LogP) is 1.67. The SMILES string of the molecule is CC1CCN(c2cc3[nH]c(=O)[nH]c3cc2N)CC1. The fraction of sp³-hybridized carbons (Fsp3) is 0.462. The van der Waals surface area contributed by atoms with Crippen molar-refractivity contribution < 1.29 is 0 Å². The van der Waals surface area contributed by atoms with Crippen LogP contribution in [0.15, 0.2) is 16.9 Å². The van der Waals surface area contributed by atoms with Gasteiger partial charge in [-0.05, 0) is 30.9 Å². The number of piperidine rings is 1. The molecule has 0 radical (unpaired) electrons. The van der Waals surface area contributed by atoms with Crippen LogP contribution in [0.3, 0.4) is 0 Å². The summed E-state index contributed by atoms with van der Waals surface area (Å²) in [7, 11) is 0. The van der Waals surface area contributed by atoms with E-state index in [1.165, 1.54) is 12.8 Å². The van der Waals surface area contributed by atoms with Crippen LogP contribution in [0, 0.1) is 5.92 Å². The Kier molecular flexibility index (Phi) is 2.54. The van der Waals surface area contributed by atoms with Gasteiger partial charge in [0.25, 0.3) is 0 Å². The van der Waals surface area contributed by atoms with E-state index in [-0.39, 0.29) is 5.69 Å². The molecule has 3 rings (SSSR count). The Morgan fingerprint density at radius 3 is 2.50 bits per heavy atom. The molecule has 2 aromatic rings. The summed E-state index contributed by atoms with van der Waals surface area (Å²) in [5.74, 6) is 0.790. The van der Waals surface area contributed by atoms with Gasteiger partial charge in [-0.25, -0.2) is 4.79 Å². The normalized spacial score (nSPS) is 17.5. The van der Waals surface area contributed by atoms with Gasteiger partial charge in [0.15, 0.2) is 0 Å². The molecule has 96 valence electrons. The number of anilines is 2. The second-order valence-electron chi connectivity index (χ2n) is 5.21. The number of aromatic nitrogens is 2. The van der Waals surface area contributed by atoms with E-state index in [0.29, 0.717) is 0 Å². The van der Waals surface area contributed by atoms with E-state index in [2.05, 4.69) is 21.8 Å². The molecule has 0 unspecified atom stereocenters. The highest BCUT2D eigenvalue weighted by Gasteiger charge is 2.18. The highest BCUT2D eigenvalue weighted by molar-refractivity contribution is 5.86. The first kappa shape index (κ1) is 11.2. The Hall–Kier alpha value is -1.91. The fourth-order valence-corrected chi connectivity index (χ4v) is 2.61. The number of rotatable bonds is 1. The van der Waals surface area contributed by atoms with Gasteiger partial charge >= 0.3 is 5.69 Å². The van der Waals surface area contributed by atoms with Crippen molar-refractivity contribution >= 4 is 22.4 Å². The number of nitrogens with one attached hydrogen (secondary N) is 2. The van der Waals surface area contributed by atoms with E-state index in [4.69, 9.17) is 5.73 Å². The van der Waals surface area contributed by atoms with Gasteiger partial charge in [-0.1, -0.05) is 6.92 Å². The molecule has 5 nitrogen and oxygen atoms in total. The molecule has 0 amide bonds. The standard InChI is InChI=1S/C13H18N4O/c1-8-2-4-17(5-3-8)12-7-11-10(6-9(12)14)15-13(18)16-11/h6-8H,2-5,14H2,1H3,(H2,15,16,18). The monoisotopic (exact) mass is 246 g/mol. The average molecular weight is 246 g/mol. The lowest BCUT2D eigenvalue weighted by Gasteiger charge is -2.32. The van der Waals surface area contributed by atoms with Gasteiger partial charge in [0.05, 0.1) is 22.4 Å². The maximum atomic E-state index is 11.3. The van der Waals surface area contributed by atoms with Gasteiger partial charge in [-0.3, -0.25) is 0 Å². The Morgan fingerprint density at radius 2 is 1.83 bits per heavy atom. The molecule has 0 aliphatic carbocycles. The van der Waals surface area contributed by atoms with Crippen molar-refractivity contribution in [2.75, 3.05) is 23.7 Å². The lowest BCUT2D eigenvalue weighted by molar-refractivity contribution is 0.439. The summed E-state index contributed by atoms with van der Waals surface area (Å²) in [5, 5.41) is 0. The van der Waals surface area contributed by atoms with Crippen LogP contribution in [0.5, 0.6) is 0 Å². The number of aromatic amines is 2. The van der Waals surface area contributed by atoms with Crippen LogP contribution >= 0.6 is 0 Å². The molecule has 0 saturated carbocycles. The molecule has 1 aliphatic rings. The quantitative estimate of drug-likeness (QED) is 0.670. The Bertz CT molecular complexity index is 619. The van der Waals surface area contributed by atoms with Crippen molar-refractivity contribution in [2.24, 2.45) is 5.92 Å². The van der Waals surface area contributed by atoms with E-state index in [1.807, 2.05) is 12.1 Å². The summed E-state index contributed by atoms with van der Waals surface area (Å²) in [6, 6.07) is 3.80. The van der Waals surface area contributed by atoms with Gasteiger partial charge < -0.3 is 20.6 Å². The number of nitrogen functional groups attached to an aromatic ring is 1. The molecule has 18 heavy (non-hydrogen) atoms. The molecule has 5 heteroatoms. The van der Waals surface area contributed by atoms with Crippen molar-refractivity contribution in [2.45, 2.75) is 19.8 Å². The molecule has 1 fully saturated rings. The highest BCUT2D eigenvalue weighted by atomic mass is 16.1. The topological polar surface area (TPSA) is 77.9 Å². The van der Waals surface area contributed by atoms with Gasteiger partial charge in [0.2, 0.25) is 0 Å². The highest BCUT2D eigenvalue weighted by Crippen LogP contribution is 2.30. The van der Waals surface area contributed by atoms with Gasteiger partial charge in [0.1, 0.15) is 0 Å². The molecular weight excluding hydrogens is 228 g/mol. The van der Waals surface area contributed by atoms with Gasteiger partial charge in [0, 0.05) is 13.1 Å². The minimum Gasteiger partial charge on any atom is -0.397 e. The molecule has 1 aliphatic heterocycles. The first-order valence-electron chi connectivity index (χ1n) is 6.40. The van der Waals surface area contributed by atoms with Crippen LogP contribution < -0.4 is 16.3 Å². The molecule has 2 heterocycles. The number of nitrogens with two attached hydrogens (primary N) is 1. The zero-order chi connectivity index (χ0) is 12.7. The van der Waals surface area contributed by atoms with Crippen molar-refractivity contribution in [3.8, 4) is 0 Å². The molecule has 0 bridgehead atoms. The Labute approximate surface area is 105 Å². The maximum absolute atomic E-state index is 11.3. The third kappa shape index (κ3) is 1.85. The van der Waals surface area contributed by atoms with Crippen LogP contribution in [0.2, 0.25) is 0 Å². The lowest BCUT2D eigenvalue weighted by atomic mass is 9.98. The van der Waals surface area contributed by atoms with E-state index in [0.717, 1.165) is 41.4 Å². The number of H-pyrrole nitrogens is 2. The summed E-state index contributed by atoms with van der Waals surface area (Å²) in [5.41, 5.74) is 9.25. The average Bonchev–Trinajstić information content (AvgIpc) is 2.68. The summed E-state index contributed by atoms with van der Waals surface area (Å²) >= 11 is 0. The first-order valence-corrected chi connectivity index (χ1v) is 6.40. The van der Waals surface area contributed by atoms with Crippen LogP contribution in [-0.2, 0) is 0 Å². The second-order valence-corrected chi connectivity index (χ2v) is 5.21. The largest absolute Gasteiger partial charge is 0.397 e. The molecular formula is C13H18N4O. The zero-order valence-corrected chi connectivity index (χ0v) is 10.5. The molecule has 0 atom stereocenters. The van der Waals surface area contributed by atoms with Crippen molar-refractivity contribution in [1.82, 2.24) is 9.97 Å². The molecule has 0 spiro atoms. The third-order valence-corrected chi connectivity index (χ3v) is 3.79. The van der Waals surface area contributed by atoms with E-state index < -0.39 is 0 Å². The number of fused-ring (bicyclic) bond motifs is 1. The Morgan fingerprint density at radius 1 is 1.22 bits per heavy atom. The van der Waals surface area contributed by atoms with Crippen LogP contribution in [0.4, 0.5) is 11.4 Å². The fourth-order valence-electron chi connectivity index (χ4n) is 2.61. The number of benzene rings is 1. The third-order valence-electron chi connectivity index (χ3n) is 3.79. The molecule has 1 saturated heterocycles. The van der Waals surface area contributed by atoms with Crippen LogP contribution in [0.25, 0.3) is 11.0 Å². The number of hydrogen-bond donors (Lipinski definition) is 3. The maximum Gasteiger partial charge on any atom is 0.323 e. The van der Waals surface area contributed by atoms with Crippen LogP contribution in [-0.4, -0.2) is 23.1 Å². The van der Waals surface area contributed by atoms with Gasteiger partial charge in [-0.2, -0.15) is 0 Å². The minimum atomic E-state index is -0.186. The first-order chi connectivity index (χ1) is 8.63. The summed E-state index contributed by atoms with van der Waals surface area (Å²) in [6.07, 6.45) is 2.39. The smallest absolute Gasteiger partial charge is 0.323 e. The zero-order valence-electron chi connectivity index (χ0n) is 10.5. The molecule has 1 aromatic heterocycles. The Balaban J connectivity index is 2.00. The summed E-state index contributed by atoms with van der Waals surface area (Å²) in [4.78, 5) is 19.1. The minimum absolute atomic E-state index is 0.186. The molecule has 1 aromatic carbocycles. The van der Waals surface area contributed by atoms with Crippen molar-refractivity contribution in [3.63, 3.8) is 0 Å². The van der Waals surface area contributed by atoms with E-state index in [9.17, 15) is 4.79 Å². The summed E-state index contributed by atoms with van der Waals surface area (Å²) < 4.78 is 0. The lowest BCUT2D eigenvalue weighted by Crippen LogP contribution is -2.33. The van der Waals surface area contributed by atoms with Crippen molar-refractivity contribution in [3.05, 3.63) is 22.6 Å².